The van der Waals surface area contributed by atoms with Crippen LogP contribution in [-0.2, 0) is 0 Å². The van der Waals surface area contributed by atoms with E-state index < -0.39 is 0 Å². The van der Waals surface area contributed by atoms with Gasteiger partial charge in [-0.3, -0.25) is 0 Å². The lowest BCUT2D eigenvalue weighted by atomic mass is 10.2. The average Bonchev–Trinajstić information content (AvgIpc) is 2.94. The number of aromatic nitrogens is 2. The molecule has 0 aliphatic rings. The number of aromatic hydroxyl groups is 2. The number of phenols is 2. The van der Waals surface area contributed by atoms with Crippen LogP contribution in [0.4, 0.5) is 5.82 Å². The van der Waals surface area contributed by atoms with Crippen molar-refractivity contribution in [2.75, 3.05) is 12.4 Å². The fraction of sp³-hybridized carbons (Fsp3) is 0.0588. The van der Waals surface area contributed by atoms with E-state index in [1.807, 2.05) is 43.5 Å². The number of allylic oxidation sites excluding steroid dienone is 2. The molecule has 0 bridgehead atoms. The molecule has 3 aromatic rings. The molecule has 0 saturated heterocycles. The maximum Gasteiger partial charge on any atom is 0.159 e. The normalized spacial score (nSPS) is 11.7. The molecular formula is C17H15N3O2S. The molecule has 0 amide bonds. The highest BCUT2D eigenvalue weighted by atomic mass is 32.1. The van der Waals surface area contributed by atoms with Crippen LogP contribution in [0.5, 0.6) is 11.5 Å². The Bertz CT molecular complexity index is 844. The zero-order valence-electron chi connectivity index (χ0n) is 12.4. The molecule has 0 fully saturated rings. The molecule has 0 saturated carbocycles. The minimum absolute atomic E-state index is 0.130. The Balaban J connectivity index is 1.73. The van der Waals surface area contributed by atoms with Gasteiger partial charge in [0.15, 0.2) is 11.5 Å². The van der Waals surface area contributed by atoms with Gasteiger partial charge in [0.1, 0.15) is 10.8 Å². The van der Waals surface area contributed by atoms with Gasteiger partial charge in [-0.1, -0.05) is 18.2 Å². The minimum Gasteiger partial charge on any atom is -0.504 e. The molecule has 0 spiro atoms. The Morgan fingerprint density at radius 3 is 2.61 bits per heavy atom. The number of nitrogens with one attached hydrogen (secondary N) is 1. The van der Waals surface area contributed by atoms with Gasteiger partial charge in [0.2, 0.25) is 0 Å². The van der Waals surface area contributed by atoms with E-state index in [1.54, 1.807) is 6.20 Å². The van der Waals surface area contributed by atoms with Gasteiger partial charge in [0.05, 0.1) is 10.2 Å². The number of hydrogen-bond acceptors (Lipinski definition) is 6. The molecule has 5 nitrogen and oxygen atoms in total. The summed E-state index contributed by atoms with van der Waals surface area (Å²) < 4.78 is 0.829. The number of fused-ring (bicyclic) bond motifs is 1. The van der Waals surface area contributed by atoms with Crippen molar-refractivity contribution in [1.29, 1.82) is 0 Å². The van der Waals surface area contributed by atoms with Crippen molar-refractivity contribution >= 4 is 39.5 Å². The predicted octanol–water partition coefficient (Wildman–Crippen LogP) is 3.87. The zero-order chi connectivity index (χ0) is 16.2. The number of nitrogens with zero attached hydrogens (tertiary/aromatic N) is 2. The molecule has 0 aliphatic carbocycles. The van der Waals surface area contributed by atoms with Crippen molar-refractivity contribution in [2.45, 2.75) is 0 Å². The summed E-state index contributed by atoms with van der Waals surface area (Å²) in [4.78, 5) is 8.62. The lowest BCUT2D eigenvalue weighted by Gasteiger charge is -1.97. The van der Waals surface area contributed by atoms with Gasteiger partial charge in [-0.05, 0) is 23.8 Å². The van der Waals surface area contributed by atoms with Crippen LogP contribution in [0.1, 0.15) is 10.6 Å². The van der Waals surface area contributed by atoms with Crippen LogP contribution >= 0.6 is 11.3 Å². The monoisotopic (exact) mass is 324 g/mol. The van der Waals surface area contributed by atoms with Gasteiger partial charge in [-0.15, -0.1) is 11.3 Å². The Kier molecular flexibility index (Phi) is 4.25. The molecule has 3 rings (SSSR count). The van der Waals surface area contributed by atoms with E-state index in [4.69, 9.17) is 0 Å². The van der Waals surface area contributed by atoms with Crippen LogP contribution in [0.3, 0.4) is 0 Å². The summed E-state index contributed by atoms with van der Waals surface area (Å²) in [5.41, 5.74) is 1.67. The fourth-order valence-electron chi connectivity index (χ4n) is 2.00. The van der Waals surface area contributed by atoms with Gasteiger partial charge in [-0.25, -0.2) is 9.97 Å². The molecule has 0 radical (unpaired) electrons. The van der Waals surface area contributed by atoms with Crippen molar-refractivity contribution in [3.8, 4) is 11.5 Å². The highest BCUT2D eigenvalue weighted by molar-refractivity contribution is 7.19. The third kappa shape index (κ3) is 3.49. The molecule has 116 valence electrons. The lowest BCUT2D eigenvalue weighted by molar-refractivity contribution is 0.405. The first-order valence-electron chi connectivity index (χ1n) is 6.97. The summed E-state index contributed by atoms with van der Waals surface area (Å²) in [5, 5.41) is 22.7. The van der Waals surface area contributed by atoms with Gasteiger partial charge in [0.25, 0.3) is 0 Å². The van der Waals surface area contributed by atoms with Crippen LogP contribution in [0.15, 0.2) is 42.6 Å². The second kappa shape index (κ2) is 6.50. The summed E-state index contributed by atoms with van der Waals surface area (Å²) in [6, 6.07) is 6.87. The van der Waals surface area contributed by atoms with Crippen LogP contribution < -0.4 is 5.32 Å². The highest BCUT2D eigenvalue weighted by Gasteiger charge is 2.06. The summed E-state index contributed by atoms with van der Waals surface area (Å²) in [6.07, 6.45) is 9.43. The molecule has 0 aliphatic heterocycles. The van der Waals surface area contributed by atoms with E-state index in [0.29, 0.717) is 5.52 Å². The van der Waals surface area contributed by atoms with Crippen LogP contribution in [-0.4, -0.2) is 27.2 Å². The molecule has 0 unspecified atom stereocenters. The summed E-state index contributed by atoms with van der Waals surface area (Å²) in [5.74, 6) is 0.545. The molecule has 2 aromatic heterocycles. The Labute approximate surface area is 137 Å². The number of rotatable bonds is 4. The maximum atomic E-state index is 9.49. The molecule has 1 aromatic carbocycles. The number of benzene rings is 1. The second-order valence-corrected chi connectivity index (χ2v) is 5.87. The van der Waals surface area contributed by atoms with Crippen molar-refractivity contribution < 1.29 is 10.2 Å². The molecule has 0 atom stereocenters. The number of pyridine rings is 1. The largest absolute Gasteiger partial charge is 0.504 e. The molecule has 23 heavy (non-hydrogen) atoms. The second-order valence-electron chi connectivity index (χ2n) is 4.81. The van der Waals surface area contributed by atoms with Gasteiger partial charge in [0, 0.05) is 25.4 Å². The van der Waals surface area contributed by atoms with E-state index in [2.05, 4.69) is 15.3 Å². The van der Waals surface area contributed by atoms with Gasteiger partial charge in [-0.2, -0.15) is 0 Å². The van der Waals surface area contributed by atoms with E-state index in [1.165, 1.54) is 23.5 Å². The zero-order valence-corrected chi connectivity index (χ0v) is 13.2. The Morgan fingerprint density at radius 1 is 1.09 bits per heavy atom. The SMILES string of the molecule is [11CH3]Nc1ccc(/C=C/C=C/c2nc3cc(O)c(O)cc3s2)cn1. The third-order valence-corrected chi connectivity index (χ3v) is 4.17. The van der Waals surface area contributed by atoms with Crippen LogP contribution in [0.25, 0.3) is 22.4 Å². The Morgan fingerprint density at radius 2 is 1.87 bits per heavy atom. The maximum absolute atomic E-state index is 9.49. The van der Waals surface area contributed by atoms with Gasteiger partial charge >= 0.3 is 0 Å². The quantitative estimate of drug-likeness (QED) is 0.501. The molecule has 6 heteroatoms. The molecular weight excluding hydrogens is 309 g/mol. The van der Waals surface area contributed by atoms with Crippen molar-refractivity contribution in [2.24, 2.45) is 0 Å². The summed E-state index contributed by atoms with van der Waals surface area (Å²) >= 11 is 1.45. The van der Waals surface area contributed by atoms with Crippen LogP contribution in [0.2, 0.25) is 0 Å². The van der Waals surface area contributed by atoms with Crippen molar-refractivity contribution in [3.05, 3.63) is 53.2 Å². The van der Waals surface area contributed by atoms with Gasteiger partial charge < -0.3 is 15.5 Å². The van der Waals surface area contributed by atoms with Crippen LogP contribution in [0, 0.1) is 0 Å². The van der Waals surface area contributed by atoms with Crippen molar-refractivity contribution in [1.82, 2.24) is 9.97 Å². The number of anilines is 1. The van der Waals surface area contributed by atoms with Crippen molar-refractivity contribution in [3.63, 3.8) is 0 Å². The summed E-state index contributed by atoms with van der Waals surface area (Å²) in [6.45, 7) is 0. The Hall–Kier alpha value is -2.86. The smallest absolute Gasteiger partial charge is 0.159 e. The first-order chi connectivity index (χ1) is 11.2. The topological polar surface area (TPSA) is 78.3 Å². The third-order valence-electron chi connectivity index (χ3n) is 3.18. The number of thiazole rings is 1. The van der Waals surface area contributed by atoms with E-state index in [9.17, 15) is 10.2 Å². The van der Waals surface area contributed by atoms with E-state index in [-0.39, 0.29) is 11.5 Å². The van der Waals surface area contributed by atoms with E-state index in [0.717, 1.165) is 21.1 Å². The number of hydrogen-bond donors (Lipinski definition) is 3. The fourth-order valence-corrected chi connectivity index (χ4v) is 2.89. The highest BCUT2D eigenvalue weighted by Crippen LogP contribution is 2.33. The van der Waals surface area contributed by atoms with E-state index >= 15 is 0 Å². The average molecular weight is 324 g/mol. The summed E-state index contributed by atoms with van der Waals surface area (Å²) in [7, 11) is 1.83. The molecule has 2 heterocycles. The minimum atomic E-state index is -0.157. The first-order valence-corrected chi connectivity index (χ1v) is 7.78. The number of phenolic OH excluding ortho intramolecular Hbond substituents is 2. The molecule has 3 N–H and O–H groups in total. The standard InChI is InChI=1S/C17H15N3O2S/c1-18-16-7-6-11(10-19-16)4-2-3-5-17-20-12-8-13(21)14(22)9-15(12)23-17/h2-10,21-22H,1H3,(H,18,19)/b4-2+,5-3+/i1-1. The first kappa shape index (κ1) is 15.1. The lowest BCUT2D eigenvalue weighted by Crippen LogP contribution is -1.90. The predicted molar refractivity (Wildman–Crippen MR) is 94.8 cm³/mol.